The molecule has 4 aromatic rings. The Balaban J connectivity index is 0.00000274. The smallest absolute Gasteiger partial charge is 0.258 e. The molecule has 0 bridgehead atoms. The van der Waals surface area contributed by atoms with Crippen molar-refractivity contribution in [3.05, 3.63) is 112 Å². The van der Waals surface area contributed by atoms with Crippen LogP contribution in [0.15, 0.2) is 78.9 Å². The monoisotopic (exact) mass is 495 g/mol. The van der Waals surface area contributed by atoms with E-state index in [4.69, 9.17) is 11.6 Å². The standard InChI is InChI=1S/C25H19ClFN5O.ClH/c1-15-6-8-16(9-7-15)21-14-22(19-4-2-3-5-20(19)26)32-25(28-21)30-24(31-32)29-23(33)17-10-12-18(27)13-11-17;/h2-14,22H,1H3,(H2,28,29,30,31,33);1H. The van der Waals surface area contributed by atoms with E-state index < -0.39 is 11.7 Å². The molecule has 1 unspecified atom stereocenters. The van der Waals surface area contributed by atoms with Gasteiger partial charge in [-0.05, 0) is 54.5 Å². The van der Waals surface area contributed by atoms with Crippen molar-refractivity contribution in [2.75, 3.05) is 10.6 Å². The lowest BCUT2D eigenvalue weighted by Gasteiger charge is -2.25. The van der Waals surface area contributed by atoms with Gasteiger partial charge in [0.2, 0.25) is 5.95 Å². The lowest BCUT2D eigenvalue weighted by molar-refractivity contribution is 0.102. The van der Waals surface area contributed by atoms with E-state index in [9.17, 15) is 9.18 Å². The second-order valence-corrected chi connectivity index (χ2v) is 8.11. The van der Waals surface area contributed by atoms with Crippen LogP contribution in [0.1, 0.15) is 33.1 Å². The fraction of sp³-hybridized carbons (Fsp3) is 0.0800. The summed E-state index contributed by atoms with van der Waals surface area (Å²) in [6.45, 7) is 2.03. The van der Waals surface area contributed by atoms with Gasteiger partial charge in [0.25, 0.3) is 11.9 Å². The summed E-state index contributed by atoms with van der Waals surface area (Å²) in [5, 5.41) is 11.1. The topological polar surface area (TPSA) is 71.8 Å². The number of aryl methyl sites for hydroxylation is 1. The van der Waals surface area contributed by atoms with Crippen LogP contribution in [0, 0.1) is 12.7 Å². The minimum Gasteiger partial charge on any atom is -0.324 e. The number of allylic oxidation sites excluding steroid dienone is 1. The first-order chi connectivity index (χ1) is 16.0. The summed E-state index contributed by atoms with van der Waals surface area (Å²) in [6, 6.07) is 20.6. The van der Waals surface area contributed by atoms with Crippen molar-refractivity contribution in [3.8, 4) is 0 Å². The summed E-state index contributed by atoms with van der Waals surface area (Å²) in [5.74, 6) is -0.252. The summed E-state index contributed by atoms with van der Waals surface area (Å²) in [4.78, 5) is 17.1. The zero-order chi connectivity index (χ0) is 22.9. The molecular weight excluding hydrogens is 476 g/mol. The predicted molar refractivity (Wildman–Crippen MR) is 134 cm³/mol. The van der Waals surface area contributed by atoms with Crippen molar-refractivity contribution >= 4 is 47.5 Å². The summed E-state index contributed by atoms with van der Waals surface area (Å²) < 4.78 is 14.9. The Morgan fingerprint density at radius 2 is 1.76 bits per heavy atom. The van der Waals surface area contributed by atoms with Crippen molar-refractivity contribution in [1.82, 2.24) is 14.8 Å². The highest BCUT2D eigenvalue weighted by Crippen LogP contribution is 2.36. The predicted octanol–water partition coefficient (Wildman–Crippen LogP) is 6.11. The van der Waals surface area contributed by atoms with Crippen LogP contribution in [-0.4, -0.2) is 20.7 Å². The molecule has 34 heavy (non-hydrogen) atoms. The first-order valence-corrected chi connectivity index (χ1v) is 10.7. The highest BCUT2D eigenvalue weighted by molar-refractivity contribution is 6.31. The van der Waals surface area contributed by atoms with Crippen molar-refractivity contribution < 1.29 is 9.18 Å². The third-order valence-corrected chi connectivity index (χ3v) is 5.73. The Bertz CT molecular complexity index is 1370. The van der Waals surface area contributed by atoms with Crippen molar-refractivity contribution in [2.24, 2.45) is 0 Å². The summed E-state index contributed by atoms with van der Waals surface area (Å²) in [6.07, 6.45) is 2.03. The van der Waals surface area contributed by atoms with Gasteiger partial charge in [0, 0.05) is 16.3 Å². The molecule has 0 fully saturated rings. The number of aromatic nitrogens is 3. The molecule has 2 heterocycles. The van der Waals surface area contributed by atoms with Crippen LogP contribution in [0.5, 0.6) is 0 Å². The average molecular weight is 496 g/mol. The third kappa shape index (κ3) is 4.66. The second kappa shape index (κ2) is 9.67. The number of halogens is 3. The van der Waals surface area contributed by atoms with Gasteiger partial charge in [0.1, 0.15) is 11.9 Å². The van der Waals surface area contributed by atoms with Crippen LogP contribution in [0.2, 0.25) is 5.02 Å². The molecule has 9 heteroatoms. The van der Waals surface area contributed by atoms with E-state index >= 15 is 0 Å². The lowest BCUT2D eigenvalue weighted by Crippen LogP contribution is -2.20. The first kappa shape index (κ1) is 23.5. The normalized spacial score (nSPS) is 14.3. The molecule has 172 valence electrons. The number of nitrogens with one attached hydrogen (secondary N) is 2. The van der Waals surface area contributed by atoms with E-state index in [2.05, 4.69) is 20.7 Å². The fourth-order valence-corrected chi connectivity index (χ4v) is 3.91. The van der Waals surface area contributed by atoms with Gasteiger partial charge in [-0.1, -0.05) is 59.6 Å². The molecular formula is C25H20Cl2FN5O. The average Bonchev–Trinajstić information content (AvgIpc) is 3.22. The van der Waals surface area contributed by atoms with Crippen LogP contribution >= 0.6 is 24.0 Å². The Kier molecular flexibility index (Phi) is 6.68. The van der Waals surface area contributed by atoms with E-state index in [1.54, 1.807) is 4.68 Å². The van der Waals surface area contributed by atoms with Gasteiger partial charge in [0.15, 0.2) is 0 Å². The summed E-state index contributed by atoms with van der Waals surface area (Å²) in [7, 11) is 0. The molecule has 0 aliphatic carbocycles. The number of amides is 1. The van der Waals surface area contributed by atoms with Gasteiger partial charge in [-0.3, -0.25) is 10.1 Å². The molecule has 2 N–H and O–H groups in total. The number of fused-ring (bicyclic) bond motifs is 1. The fourth-order valence-electron chi connectivity index (χ4n) is 3.66. The summed E-state index contributed by atoms with van der Waals surface area (Å²) in [5.41, 5.74) is 4.16. The highest BCUT2D eigenvalue weighted by atomic mass is 35.5. The molecule has 6 nitrogen and oxygen atoms in total. The number of rotatable bonds is 4. The minimum atomic E-state index is -0.432. The number of hydrogen-bond acceptors (Lipinski definition) is 4. The van der Waals surface area contributed by atoms with E-state index in [0.29, 0.717) is 16.5 Å². The Labute approximate surface area is 206 Å². The van der Waals surface area contributed by atoms with Gasteiger partial charge >= 0.3 is 0 Å². The third-order valence-electron chi connectivity index (χ3n) is 5.38. The Morgan fingerprint density at radius 3 is 2.47 bits per heavy atom. The van der Waals surface area contributed by atoms with Crippen LogP contribution in [-0.2, 0) is 0 Å². The molecule has 3 aromatic carbocycles. The molecule has 1 aliphatic rings. The quantitative estimate of drug-likeness (QED) is 0.358. The number of nitrogens with zero attached hydrogens (tertiary/aromatic N) is 3. The van der Waals surface area contributed by atoms with Crippen LogP contribution < -0.4 is 10.6 Å². The first-order valence-electron chi connectivity index (χ1n) is 10.3. The van der Waals surface area contributed by atoms with Crippen LogP contribution in [0.25, 0.3) is 5.70 Å². The Hall–Kier alpha value is -3.68. The molecule has 0 saturated carbocycles. The SMILES string of the molecule is Cc1ccc(C2=CC(c3ccccc3Cl)n3nc(NC(=O)c4ccc(F)cc4)nc3N2)cc1.Cl. The second-order valence-electron chi connectivity index (χ2n) is 7.70. The number of hydrogen-bond donors (Lipinski definition) is 2. The molecule has 1 aromatic heterocycles. The molecule has 1 aliphatic heterocycles. The minimum absolute atomic E-state index is 0. The maximum absolute atomic E-state index is 13.2. The number of benzene rings is 3. The molecule has 0 saturated heterocycles. The Morgan fingerprint density at radius 1 is 1.06 bits per heavy atom. The zero-order valence-corrected chi connectivity index (χ0v) is 19.6. The van der Waals surface area contributed by atoms with Gasteiger partial charge < -0.3 is 5.32 Å². The molecule has 1 atom stereocenters. The molecule has 0 spiro atoms. The number of anilines is 2. The van der Waals surface area contributed by atoms with Gasteiger partial charge in [-0.2, -0.15) is 4.98 Å². The van der Waals surface area contributed by atoms with Gasteiger partial charge in [-0.15, -0.1) is 17.5 Å². The van der Waals surface area contributed by atoms with Gasteiger partial charge in [0.05, 0.1) is 0 Å². The van der Waals surface area contributed by atoms with E-state index in [0.717, 1.165) is 22.4 Å². The van der Waals surface area contributed by atoms with E-state index in [-0.39, 0.29) is 24.4 Å². The highest BCUT2D eigenvalue weighted by Gasteiger charge is 2.27. The maximum atomic E-state index is 13.2. The number of carbonyl (C=O) groups excluding carboxylic acids is 1. The van der Waals surface area contributed by atoms with E-state index in [1.807, 2.05) is 61.5 Å². The van der Waals surface area contributed by atoms with E-state index in [1.165, 1.54) is 24.3 Å². The lowest BCUT2D eigenvalue weighted by atomic mass is 10.0. The maximum Gasteiger partial charge on any atom is 0.258 e. The zero-order valence-electron chi connectivity index (χ0n) is 18.0. The van der Waals surface area contributed by atoms with Gasteiger partial charge in [-0.25, -0.2) is 9.07 Å². The van der Waals surface area contributed by atoms with Crippen molar-refractivity contribution in [3.63, 3.8) is 0 Å². The largest absolute Gasteiger partial charge is 0.324 e. The van der Waals surface area contributed by atoms with Crippen molar-refractivity contribution in [1.29, 1.82) is 0 Å². The molecule has 5 rings (SSSR count). The van der Waals surface area contributed by atoms with Crippen molar-refractivity contribution in [2.45, 2.75) is 13.0 Å². The molecule has 0 radical (unpaired) electrons. The number of carbonyl (C=O) groups is 1. The van der Waals surface area contributed by atoms with Crippen LogP contribution in [0.3, 0.4) is 0 Å². The van der Waals surface area contributed by atoms with Crippen LogP contribution in [0.4, 0.5) is 16.3 Å². The summed E-state index contributed by atoms with van der Waals surface area (Å²) >= 11 is 6.51. The molecule has 1 amide bonds.